The Morgan fingerprint density at radius 2 is 2.32 bits per heavy atom. The molecular formula is C15H20N4OS2. The largest absolute Gasteiger partial charge is 0.345 e. The number of carbonyl (C=O) groups excluding carboxylic acids is 1. The third kappa shape index (κ3) is 4.99. The first-order valence-electron chi connectivity index (χ1n) is 7.06. The van der Waals surface area contributed by atoms with Gasteiger partial charge in [-0.05, 0) is 23.4 Å². The molecule has 7 heteroatoms. The molecule has 0 fully saturated rings. The maximum absolute atomic E-state index is 11.8. The van der Waals surface area contributed by atoms with Gasteiger partial charge in [0, 0.05) is 23.8 Å². The summed E-state index contributed by atoms with van der Waals surface area (Å²) in [6, 6.07) is 3.92. The van der Waals surface area contributed by atoms with Gasteiger partial charge in [0.1, 0.15) is 0 Å². The minimum atomic E-state index is -0.132. The monoisotopic (exact) mass is 336 g/mol. The number of rotatable bonds is 7. The zero-order chi connectivity index (χ0) is 15.9. The number of thioether (sulfide) groups is 1. The van der Waals surface area contributed by atoms with Crippen LogP contribution in [0.5, 0.6) is 0 Å². The van der Waals surface area contributed by atoms with Gasteiger partial charge in [-0.1, -0.05) is 31.7 Å². The van der Waals surface area contributed by atoms with Crippen LogP contribution < -0.4 is 5.32 Å². The lowest BCUT2D eigenvalue weighted by molar-refractivity contribution is -0.116. The molecule has 0 bridgehead atoms. The zero-order valence-electron chi connectivity index (χ0n) is 12.9. The van der Waals surface area contributed by atoms with Crippen molar-refractivity contribution in [3.8, 4) is 0 Å². The van der Waals surface area contributed by atoms with Crippen LogP contribution in [0.25, 0.3) is 6.08 Å². The van der Waals surface area contributed by atoms with Crippen molar-refractivity contribution in [2.24, 2.45) is 13.0 Å². The summed E-state index contributed by atoms with van der Waals surface area (Å²) in [4.78, 5) is 12.8. The highest BCUT2D eigenvalue weighted by Crippen LogP contribution is 2.18. The summed E-state index contributed by atoms with van der Waals surface area (Å²) in [5, 5.41) is 14.0. The average Bonchev–Trinajstić information content (AvgIpc) is 3.11. The Kier molecular flexibility index (Phi) is 6.21. The van der Waals surface area contributed by atoms with Gasteiger partial charge < -0.3 is 9.88 Å². The van der Waals surface area contributed by atoms with Crippen molar-refractivity contribution < 1.29 is 4.79 Å². The second-order valence-corrected chi connectivity index (χ2v) is 7.20. The van der Waals surface area contributed by atoms with Crippen LogP contribution in [0.1, 0.15) is 24.5 Å². The van der Waals surface area contributed by atoms with Gasteiger partial charge in [-0.25, -0.2) is 0 Å². The maximum atomic E-state index is 11.8. The van der Waals surface area contributed by atoms with Gasteiger partial charge in [0.05, 0.1) is 6.54 Å². The molecule has 2 aromatic heterocycles. The standard InChI is InChI=1S/C15H20N4OS2/c1-11(2)10-22-15-18-17-13(19(15)3)9-16-14(20)7-6-12-5-4-8-21-12/h4-8,11H,9-10H2,1-3H3,(H,16,20). The van der Waals surface area contributed by atoms with E-state index in [4.69, 9.17) is 0 Å². The Bertz CT molecular complexity index is 632. The summed E-state index contributed by atoms with van der Waals surface area (Å²) in [5.41, 5.74) is 0. The fraction of sp³-hybridized carbons (Fsp3) is 0.400. The van der Waals surface area contributed by atoms with Crippen molar-refractivity contribution in [2.45, 2.75) is 25.5 Å². The Balaban J connectivity index is 1.85. The van der Waals surface area contributed by atoms with Crippen LogP contribution in [-0.4, -0.2) is 26.4 Å². The number of hydrogen-bond donors (Lipinski definition) is 1. The Morgan fingerprint density at radius 1 is 1.50 bits per heavy atom. The fourth-order valence-corrected chi connectivity index (χ4v) is 3.13. The number of amides is 1. The number of nitrogens with one attached hydrogen (secondary N) is 1. The molecular weight excluding hydrogens is 316 g/mol. The Hall–Kier alpha value is -1.60. The van der Waals surface area contributed by atoms with E-state index in [0.717, 1.165) is 21.6 Å². The third-order valence-electron chi connectivity index (χ3n) is 2.83. The molecule has 2 heterocycles. The molecule has 0 aromatic carbocycles. The summed E-state index contributed by atoms with van der Waals surface area (Å²) >= 11 is 3.28. The second-order valence-electron chi connectivity index (χ2n) is 5.23. The molecule has 0 aliphatic carbocycles. The van der Waals surface area contributed by atoms with Crippen LogP contribution in [0.3, 0.4) is 0 Å². The normalized spacial score (nSPS) is 11.5. The van der Waals surface area contributed by atoms with Crippen LogP contribution in [0, 0.1) is 5.92 Å². The lowest BCUT2D eigenvalue weighted by Gasteiger charge is -2.05. The number of carbonyl (C=O) groups is 1. The Labute approximate surface area is 138 Å². The van der Waals surface area contributed by atoms with Crippen LogP contribution in [-0.2, 0) is 18.4 Å². The van der Waals surface area contributed by atoms with Gasteiger partial charge in [-0.3, -0.25) is 4.79 Å². The summed E-state index contributed by atoms with van der Waals surface area (Å²) in [6.07, 6.45) is 3.34. The van der Waals surface area contributed by atoms with Crippen molar-refractivity contribution in [1.29, 1.82) is 0 Å². The fourth-order valence-electron chi connectivity index (χ4n) is 1.63. The van der Waals surface area contributed by atoms with Crippen molar-refractivity contribution in [3.05, 3.63) is 34.3 Å². The van der Waals surface area contributed by atoms with Crippen molar-refractivity contribution >= 4 is 35.1 Å². The predicted molar refractivity (Wildman–Crippen MR) is 91.8 cm³/mol. The topological polar surface area (TPSA) is 59.8 Å². The third-order valence-corrected chi connectivity index (χ3v) is 5.12. The molecule has 1 N–H and O–H groups in total. The summed E-state index contributed by atoms with van der Waals surface area (Å²) in [6.45, 7) is 4.72. The highest BCUT2D eigenvalue weighted by molar-refractivity contribution is 7.99. The van der Waals surface area contributed by atoms with Gasteiger partial charge in [0.2, 0.25) is 5.91 Å². The lowest BCUT2D eigenvalue weighted by Crippen LogP contribution is -2.22. The molecule has 0 aliphatic rings. The molecule has 0 radical (unpaired) electrons. The average molecular weight is 336 g/mol. The van der Waals surface area contributed by atoms with Gasteiger partial charge in [0.25, 0.3) is 0 Å². The van der Waals surface area contributed by atoms with E-state index in [9.17, 15) is 4.79 Å². The minimum absolute atomic E-state index is 0.132. The highest BCUT2D eigenvalue weighted by atomic mass is 32.2. The molecule has 0 atom stereocenters. The quantitative estimate of drug-likeness (QED) is 0.624. The van der Waals surface area contributed by atoms with E-state index in [2.05, 4.69) is 29.4 Å². The molecule has 0 aliphatic heterocycles. The smallest absolute Gasteiger partial charge is 0.244 e. The molecule has 22 heavy (non-hydrogen) atoms. The first kappa shape index (κ1) is 16.8. The van der Waals surface area contributed by atoms with Crippen LogP contribution in [0.4, 0.5) is 0 Å². The molecule has 2 aromatic rings. The summed E-state index contributed by atoms with van der Waals surface area (Å²) in [7, 11) is 1.92. The van der Waals surface area contributed by atoms with Crippen LogP contribution in [0.2, 0.25) is 0 Å². The maximum Gasteiger partial charge on any atom is 0.244 e. The second kappa shape index (κ2) is 8.14. The van der Waals surface area contributed by atoms with E-state index in [0.29, 0.717) is 12.5 Å². The lowest BCUT2D eigenvalue weighted by atomic mass is 10.3. The van der Waals surface area contributed by atoms with E-state index in [-0.39, 0.29) is 5.91 Å². The molecule has 0 spiro atoms. The van der Waals surface area contributed by atoms with Gasteiger partial charge in [-0.15, -0.1) is 21.5 Å². The molecule has 0 saturated heterocycles. The summed E-state index contributed by atoms with van der Waals surface area (Å²) in [5.74, 6) is 2.23. The molecule has 1 amide bonds. The van der Waals surface area contributed by atoms with Gasteiger partial charge in [-0.2, -0.15) is 0 Å². The first-order valence-corrected chi connectivity index (χ1v) is 8.93. The summed E-state index contributed by atoms with van der Waals surface area (Å²) < 4.78 is 1.93. The van der Waals surface area contributed by atoms with E-state index >= 15 is 0 Å². The number of hydrogen-bond acceptors (Lipinski definition) is 5. The van der Waals surface area contributed by atoms with E-state index < -0.39 is 0 Å². The Morgan fingerprint density at radius 3 is 3.00 bits per heavy atom. The SMILES string of the molecule is CC(C)CSc1nnc(CNC(=O)C=Cc2cccs2)n1C. The molecule has 118 valence electrons. The molecule has 0 saturated carbocycles. The van der Waals surface area contributed by atoms with Gasteiger partial charge in [0.15, 0.2) is 11.0 Å². The minimum Gasteiger partial charge on any atom is -0.345 e. The van der Waals surface area contributed by atoms with Crippen molar-refractivity contribution in [2.75, 3.05) is 5.75 Å². The molecule has 5 nitrogen and oxygen atoms in total. The number of nitrogens with zero attached hydrogens (tertiary/aromatic N) is 3. The number of aromatic nitrogens is 3. The van der Waals surface area contributed by atoms with Crippen molar-refractivity contribution in [3.63, 3.8) is 0 Å². The molecule has 2 rings (SSSR count). The first-order chi connectivity index (χ1) is 10.6. The van der Waals surface area contributed by atoms with Crippen LogP contribution >= 0.6 is 23.1 Å². The predicted octanol–water partition coefficient (Wildman–Crippen LogP) is 2.95. The van der Waals surface area contributed by atoms with E-state index in [1.54, 1.807) is 29.2 Å². The molecule has 0 unspecified atom stereocenters. The van der Waals surface area contributed by atoms with Crippen molar-refractivity contribution in [1.82, 2.24) is 20.1 Å². The van der Waals surface area contributed by atoms with Gasteiger partial charge >= 0.3 is 0 Å². The zero-order valence-corrected chi connectivity index (χ0v) is 14.6. The number of thiophene rings is 1. The highest BCUT2D eigenvalue weighted by Gasteiger charge is 2.10. The van der Waals surface area contributed by atoms with E-state index in [1.807, 2.05) is 29.1 Å². The van der Waals surface area contributed by atoms with Crippen LogP contribution in [0.15, 0.2) is 28.7 Å². The van der Waals surface area contributed by atoms with E-state index in [1.165, 1.54) is 6.08 Å².